The minimum Gasteiger partial charge on any atom is -0.478 e. The molecule has 0 spiro atoms. The van der Waals surface area contributed by atoms with Crippen LogP contribution in [0.2, 0.25) is 0 Å². The van der Waals surface area contributed by atoms with Crippen LogP contribution in [-0.4, -0.2) is 27.1 Å². The molecule has 0 radical (unpaired) electrons. The van der Waals surface area contributed by atoms with Gasteiger partial charge in [0.15, 0.2) is 0 Å². The number of hydrogen-bond donors (Lipinski definition) is 3. The molecule has 116 valence electrons. The minimum absolute atomic E-state index is 0.230. The smallest absolute Gasteiger partial charge is 0.335 e. The van der Waals surface area contributed by atoms with Gasteiger partial charge in [-0.15, -0.1) is 0 Å². The highest BCUT2D eigenvalue weighted by atomic mass is 16.4. The Labute approximate surface area is 129 Å². The Morgan fingerprint density at radius 3 is 2.77 bits per heavy atom. The van der Waals surface area contributed by atoms with Crippen LogP contribution in [0.3, 0.4) is 0 Å². The minimum atomic E-state index is -0.957. The molecule has 0 amide bonds. The molecule has 0 saturated carbocycles. The van der Waals surface area contributed by atoms with Gasteiger partial charge in [0.05, 0.1) is 5.56 Å². The molecule has 0 aliphatic carbocycles. The summed E-state index contributed by atoms with van der Waals surface area (Å²) in [7, 11) is 0. The molecular weight excluding hydrogens is 280 g/mol. The standard InChI is InChI=1S/C16H20N4O2/c1-4-10(2)17-16-18-11(3)8-14(20-16)19-13-7-5-6-12(9-13)15(21)22/h5-10H,4H2,1-3H3,(H,21,22)(H2,17,18,19,20). The van der Waals surface area contributed by atoms with Gasteiger partial charge in [-0.05, 0) is 38.5 Å². The van der Waals surface area contributed by atoms with Gasteiger partial charge in [0, 0.05) is 23.5 Å². The lowest BCUT2D eigenvalue weighted by Gasteiger charge is -2.13. The van der Waals surface area contributed by atoms with Crippen LogP contribution in [0, 0.1) is 6.92 Å². The van der Waals surface area contributed by atoms with Crippen LogP contribution in [0.25, 0.3) is 0 Å². The Morgan fingerprint density at radius 2 is 2.09 bits per heavy atom. The Hall–Kier alpha value is -2.63. The molecule has 2 aromatic rings. The van der Waals surface area contributed by atoms with Gasteiger partial charge in [0.1, 0.15) is 5.82 Å². The second-order valence-electron chi connectivity index (χ2n) is 5.18. The zero-order valence-corrected chi connectivity index (χ0v) is 12.9. The van der Waals surface area contributed by atoms with Gasteiger partial charge in [-0.3, -0.25) is 0 Å². The van der Waals surface area contributed by atoms with Crippen molar-refractivity contribution >= 4 is 23.4 Å². The van der Waals surface area contributed by atoms with Crippen molar-refractivity contribution in [1.29, 1.82) is 0 Å². The van der Waals surface area contributed by atoms with E-state index in [4.69, 9.17) is 5.11 Å². The maximum absolute atomic E-state index is 11.0. The van der Waals surface area contributed by atoms with E-state index in [-0.39, 0.29) is 11.6 Å². The van der Waals surface area contributed by atoms with Gasteiger partial charge in [-0.25, -0.2) is 9.78 Å². The number of hydrogen-bond acceptors (Lipinski definition) is 5. The highest BCUT2D eigenvalue weighted by molar-refractivity contribution is 5.89. The second kappa shape index (κ2) is 6.89. The lowest BCUT2D eigenvalue weighted by Crippen LogP contribution is -2.16. The molecule has 1 aromatic heterocycles. The quantitative estimate of drug-likeness (QED) is 0.757. The predicted octanol–water partition coefficient (Wildman–Crippen LogP) is 3.44. The molecule has 0 aliphatic heterocycles. The van der Waals surface area contributed by atoms with Crippen LogP contribution in [0.1, 0.15) is 36.3 Å². The first-order valence-corrected chi connectivity index (χ1v) is 7.20. The fraction of sp³-hybridized carbons (Fsp3) is 0.312. The molecule has 6 nitrogen and oxygen atoms in total. The van der Waals surface area contributed by atoms with E-state index in [1.165, 1.54) is 0 Å². The first-order valence-electron chi connectivity index (χ1n) is 7.20. The summed E-state index contributed by atoms with van der Waals surface area (Å²) in [4.78, 5) is 19.8. The fourth-order valence-corrected chi connectivity index (χ4v) is 1.90. The topological polar surface area (TPSA) is 87.1 Å². The first kappa shape index (κ1) is 15.8. The predicted molar refractivity (Wildman–Crippen MR) is 86.8 cm³/mol. The Kier molecular flexibility index (Phi) is 4.93. The number of aromatic nitrogens is 2. The van der Waals surface area contributed by atoms with E-state index in [0.29, 0.717) is 17.5 Å². The molecule has 2 rings (SSSR count). The zero-order chi connectivity index (χ0) is 16.1. The van der Waals surface area contributed by atoms with Crippen molar-refractivity contribution in [1.82, 2.24) is 9.97 Å². The summed E-state index contributed by atoms with van der Waals surface area (Å²) in [5.41, 5.74) is 1.74. The summed E-state index contributed by atoms with van der Waals surface area (Å²) >= 11 is 0. The lowest BCUT2D eigenvalue weighted by molar-refractivity contribution is 0.0697. The number of carbonyl (C=O) groups is 1. The number of rotatable bonds is 6. The first-order chi connectivity index (χ1) is 10.5. The molecule has 1 heterocycles. The van der Waals surface area contributed by atoms with E-state index in [1.54, 1.807) is 24.3 Å². The van der Waals surface area contributed by atoms with Crippen molar-refractivity contribution < 1.29 is 9.90 Å². The van der Waals surface area contributed by atoms with E-state index in [9.17, 15) is 4.79 Å². The summed E-state index contributed by atoms with van der Waals surface area (Å²) in [5.74, 6) is 0.230. The number of carboxylic acids is 1. The van der Waals surface area contributed by atoms with Gasteiger partial charge in [0.2, 0.25) is 5.95 Å². The van der Waals surface area contributed by atoms with E-state index in [1.807, 2.05) is 13.0 Å². The molecule has 0 aliphatic rings. The number of nitrogens with one attached hydrogen (secondary N) is 2. The fourth-order valence-electron chi connectivity index (χ4n) is 1.90. The van der Waals surface area contributed by atoms with Crippen LogP contribution in [0.15, 0.2) is 30.3 Å². The summed E-state index contributed by atoms with van der Waals surface area (Å²) in [5, 5.41) is 15.4. The number of anilines is 3. The summed E-state index contributed by atoms with van der Waals surface area (Å²) < 4.78 is 0. The maximum Gasteiger partial charge on any atom is 0.335 e. The van der Waals surface area contributed by atoms with Gasteiger partial charge in [-0.1, -0.05) is 13.0 Å². The number of nitrogens with zero attached hydrogens (tertiary/aromatic N) is 2. The average molecular weight is 300 g/mol. The number of aromatic carboxylic acids is 1. The molecule has 3 N–H and O–H groups in total. The van der Waals surface area contributed by atoms with Crippen LogP contribution in [0.5, 0.6) is 0 Å². The third kappa shape index (κ3) is 4.18. The van der Waals surface area contributed by atoms with Gasteiger partial charge in [0.25, 0.3) is 0 Å². The number of benzene rings is 1. The lowest BCUT2D eigenvalue weighted by atomic mass is 10.2. The highest BCUT2D eigenvalue weighted by Crippen LogP contribution is 2.18. The van der Waals surface area contributed by atoms with Crippen molar-refractivity contribution in [3.05, 3.63) is 41.6 Å². The zero-order valence-electron chi connectivity index (χ0n) is 12.9. The third-order valence-electron chi connectivity index (χ3n) is 3.22. The molecule has 6 heteroatoms. The van der Waals surface area contributed by atoms with Crippen molar-refractivity contribution in [3.8, 4) is 0 Å². The molecule has 1 atom stereocenters. The summed E-state index contributed by atoms with van der Waals surface area (Å²) in [6, 6.07) is 8.71. The van der Waals surface area contributed by atoms with Crippen molar-refractivity contribution in [2.45, 2.75) is 33.2 Å². The van der Waals surface area contributed by atoms with Crippen LogP contribution < -0.4 is 10.6 Å². The molecular formula is C16H20N4O2. The average Bonchev–Trinajstić information content (AvgIpc) is 2.46. The molecule has 22 heavy (non-hydrogen) atoms. The van der Waals surface area contributed by atoms with Crippen LogP contribution >= 0.6 is 0 Å². The van der Waals surface area contributed by atoms with E-state index in [0.717, 1.165) is 12.1 Å². The second-order valence-corrected chi connectivity index (χ2v) is 5.18. The van der Waals surface area contributed by atoms with Crippen molar-refractivity contribution in [3.63, 3.8) is 0 Å². The van der Waals surface area contributed by atoms with E-state index in [2.05, 4.69) is 34.4 Å². The molecule has 1 aromatic carbocycles. The Morgan fingerprint density at radius 1 is 1.32 bits per heavy atom. The summed E-state index contributed by atoms with van der Waals surface area (Å²) in [6.07, 6.45) is 0.973. The van der Waals surface area contributed by atoms with Gasteiger partial charge in [-0.2, -0.15) is 4.98 Å². The summed E-state index contributed by atoms with van der Waals surface area (Å²) in [6.45, 7) is 6.04. The molecule has 0 saturated heterocycles. The Bertz CT molecular complexity index is 673. The molecule has 1 unspecified atom stereocenters. The van der Waals surface area contributed by atoms with Gasteiger partial charge < -0.3 is 15.7 Å². The van der Waals surface area contributed by atoms with Gasteiger partial charge >= 0.3 is 5.97 Å². The number of carboxylic acid groups (broad SMARTS) is 1. The molecule has 0 fully saturated rings. The molecule has 0 bridgehead atoms. The Balaban J connectivity index is 2.22. The number of aryl methyl sites for hydroxylation is 1. The third-order valence-corrected chi connectivity index (χ3v) is 3.22. The van der Waals surface area contributed by atoms with Crippen LogP contribution in [0.4, 0.5) is 17.5 Å². The van der Waals surface area contributed by atoms with Crippen molar-refractivity contribution in [2.75, 3.05) is 10.6 Å². The highest BCUT2D eigenvalue weighted by Gasteiger charge is 2.07. The van der Waals surface area contributed by atoms with Crippen molar-refractivity contribution in [2.24, 2.45) is 0 Å². The SMILES string of the molecule is CCC(C)Nc1nc(C)cc(Nc2cccc(C(=O)O)c2)n1. The van der Waals surface area contributed by atoms with Crippen LogP contribution in [-0.2, 0) is 0 Å². The monoisotopic (exact) mass is 300 g/mol. The van der Waals surface area contributed by atoms with E-state index < -0.39 is 5.97 Å². The maximum atomic E-state index is 11.0. The normalized spacial score (nSPS) is 11.8. The largest absolute Gasteiger partial charge is 0.478 e. The van der Waals surface area contributed by atoms with E-state index >= 15 is 0 Å².